The first-order valence-electron chi connectivity index (χ1n) is 8.16. The number of aromatic nitrogens is 1. The van der Waals surface area contributed by atoms with Crippen molar-refractivity contribution in [3.05, 3.63) is 53.7 Å². The van der Waals surface area contributed by atoms with Crippen LogP contribution < -0.4 is 0 Å². The monoisotopic (exact) mass is 344 g/mol. The summed E-state index contributed by atoms with van der Waals surface area (Å²) in [5.74, 6) is 0.0752. The molecular formula is C18H20N2O5. The number of methoxy groups -OCH3 is 1. The number of rotatable bonds is 4. The van der Waals surface area contributed by atoms with Crippen LogP contribution in [-0.2, 0) is 16.1 Å². The molecule has 1 aromatic carbocycles. The van der Waals surface area contributed by atoms with E-state index in [9.17, 15) is 9.59 Å². The predicted molar refractivity (Wildman–Crippen MR) is 88.0 cm³/mol. The quantitative estimate of drug-likeness (QED) is 0.793. The number of carbonyl (C=O) groups is 2. The molecule has 3 rings (SSSR count). The van der Waals surface area contributed by atoms with Crippen LogP contribution in [0.15, 0.2) is 41.0 Å². The molecule has 1 amide bonds. The predicted octanol–water partition coefficient (Wildman–Crippen LogP) is 2.98. The number of ether oxygens (including phenoxy) is 2. The molecule has 2 heterocycles. The molecule has 0 atom stereocenters. The van der Waals surface area contributed by atoms with Crippen LogP contribution in [0.2, 0.25) is 0 Å². The normalized spacial score (nSPS) is 15.0. The number of benzene rings is 1. The Morgan fingerprint density at radius 1 is 1.24 bits per heavy atom. The van der Waals surface area contributed by atoms with E-state index < -0.39 is 5.97 Å². The first-order chi connectivity index (χ1) is 12.2. The molecule has 132 valence electrons. The van der Waals surface area contributed by atoms with Gasteiger partial charge in [-0.25, -0.2) is 14.6 Å². The van der Waals surface area contributed by atoms with Gasteiger partial charge in [0.25, 0.3) is 0 Å². The van der Waals surface area contributed by atoms with E-state index in [1.54, 1.807) is 4.90 Å². The van der Waals surface area contributed by atoms with Gasteiger partial charge in [0.15, 0.2) is 11.6 Å². The van der Waals surface area contributed by atoms with Gasteiger partial charge in [0.1, 0.15) is 12.9 Å². The van der Waals surface area contributed by atoms with Gasteiger partial charge in [-0.15, -0.1) is 0 Å². The van der Waals surface area contributed by atoms with Gasteiger partial charge in [-0.1, -0.05) is 30.3 Å². The fourth-order valence-corrected chi connectivity index (χ4v) is 2.79. The molecule has 1 aliphatic heterocycles. The molecule has 0 spiro atoms. The largest absolute Gasteiger partial charge is 0.464 e. The zero-order valence-corrected chi connectivity index (χ0v) is 14.0. The molecule has 0 N–H and O–H groups in total. The maximum absolute atomic E-state index is 12.2. The van der Waals surface area contributed by atoms with Crippen molar-refractivity contribution in [1.82, 2.24) is 9.88 Å². The summed E-state index contributed by atoms with van der Waals surface area (Å²) in [4.78, 5) is 29.4. The van der Waals surface area contributed by atoms with Crippen molar-refractivity contribution in [2.75, 3.05) is 20.2 Å². The Labute approximate surface area is 145 Å². The van der Waals surface area contributed by atoms with Crippen molar-refractivity contribution >= 4 is 12.1 Å². The maximum Gasteiger partial charge on any atom is 0.410 e. The Kier molecular flexibility index (Phi) is 5.33. The van der Waals surface area contributed by atoms with Crippen molar-refractivity contribution in [2.24, 2.45) is 0 Å². The fourth-order valence-electron chi connectivity index (χ4n) is 2.79. The van der Waals surface area contributed by atoms with E-state index in [1.807, 2.05) is 30.3 Å². The second kappa shape index (κ2) is 7.83. The van der Waals surface area contributed by atoms with Crippen LogP contribution in [0.25, 0.3) is 0 Å². The molecule has 1 aromatic heterocycles. The van der Waals surface area contributed by atoms with Crippen molar-refractivity contribution < 1.29 is 23.5 Å². The van der Waals surface area contributed by atoms with Gasteiger partial charge in [-0.05, 0) is 18.4 Å². The van der Waals surface area contributed by atoms with Gasteiger partial charge in [0.2, 0.25) is 0 Å². The molecule has 7 nitrogen and oxygen atoms in total. The molecule has 1 saturated heterocycles. The standard InChI is InChI=1S/C18H20N2O5/c1-23-17(21)15-12-24-16(19-15)14-7-9-20(10-8-14)18(22)25-11-13-5-3-2-4-6-13/h2-6,12,14H,7-11H2,1H3. The Hall–Kier alpha value is -2.83. The third-order valence-electron chi connectivity index (χ3n) is 4.22. The van der Waals surface area contributed by atoms with Crippen molar-refractivity contribution in [3.63, 3.8) is 0 Å². The minimum Gasteiger partial charge on any atom is -0.464 e. The summed E-state index contributed by atoms with van der Waals surface area (Å²) in [6.07, 6.45) is 2.41. The van der Waals surface area contributed by atoms with Gasteiger partial charge >= 0.3 is 12.1 Å². The second-order valence-corrected chi connectivity index (χ2v) is 5.86. The Bertz CT molecular complexity index is 720. The average molecular weight is 344 g/mol. The summed E-state index contributed by atoms with van der Waals surface area (Å²) in [7, 11) is 1.30. The summed E-state index contributed by atoms with van der Waals surface area (Å²) < 4.78 is 15.3. The molecule has 0 radical (unpaired) electrons. The number of hydrogen-bond donors (Lipinski definition) is 0. The molecule has 0 aliphatic carbocycles. The summed E-state index contributed by atoms with van der Waals surface area (Å²) in [6, 6.07) is 9.58. The summed E-state index contributed by atoms with van der Waals surface area (Å²) >= 11 is 0. The van der Waals surface area contributed by atoms with E-state index in [0.29, 0.717) is 31.8 Å². The molecular weight excluding hydrogens is 324 g/mol. The maximum atomic E-state index is 12.2. The van der Waals surface area contributed by atoms with E-state index in [2.05, 4.69) is 9.72 Å². The number of nitrogens with zero attached hydrogens (tertiary/aromatic N) is 2. The van der Waals surface area contributed by atoms with Crippen LogP contribution in [0, 0.1) is 0 Å². The van der Waals surface area contributed by atoms with Crippen LogP contribution in [0.3, 0.4) is 0 Å². The third kappa shape index (κ3) is 4.17. The summed E-state index contributed by atoms with van der Waals surface area (Å²) in [5.41, 5.74) is 1.13. The summed E-state index contributed by atoms with van der Waals surface area (Å²) in [6.45, 7) is 1.39. The number of carbonyl (C=O) groups excluding carboxylic acids is 2. The van der Waals surface area contributed by atoms with Gasteiger partial charge in [-0.3, -0.25) is 0 Å². The number of hydrogen-bond acceptors (Lipinski definition) is 6. The topological polar surface area (TPSA) is 81.9 Å². The highest BCUT2D eigenvalue weighted by atomic mass is 16.6. The highest BCUT2D eigenvalue weighted by Gasteiger charge is 2.28. The average Bonchev–Trinajstić information content (AvgIpc) is 3.16. The Morgan fingerprint density at radius 3 is 2.64 bits per heavy atom. The molecule has 25 heavy (non-hydrogen) atoms. The highest BCUT2D eigenvalue weighted by Crippen LogP contribution is 2.28. The van der Waals surface area contributed by atoms with Crippen molar-refractivity contribution in [2.45, 2.75) is 25.4 Å². The van der Waals surface area contributed by atoms with Crippen LogP contribution in [0.5, 0.6) is 0 Å². The van der Waals surface area contributed by atoms with E-state index in [4.69, 9.17) is 9.15 Å². The number of piperidine rings is 1. The SMILES string of the molecule is COC(=O)c1coc(C2CCN(C(=O)OCc3ccccc3)CC2)n1. The molecule has 7 heteroatoms. The lowest BCUT2D eigenvalue weighted by Crippen LogP contribution is -2.38. The van der Waals surface area contributed by atoms with Gasteiger partial charge < -0.3 is 18.8 Å². The second-order valence-electron chi connectivity index (χ2n) is 5.86. The van der Waals surface area contributed by atoms with E-state index in [0.717, 1.165) is 5.56 Å². The van der Waals surface area contributed by atoms with Gasteiger partial charge in [-0.2, -0.15) is 0 Å². The fraction of sp³-hybridized carbons (Fsp3) is 0.389. The molecule has 0 bridgehead atoms. The molecule has 1 fully saturated rings. The first kappa shape index (κ1) is 17.0. The van der Waals surface area contributed by atoms with Crippen LogP contribution >= 0.6 is 0 Å². The van der Waals surface area contributed by atoms with Crippen LogP contribution in [0.1, 0.15) is 40.7 Å². The van der Waals surface area contributed by atoms with E-state index in [-0.39, 0.29) is 24.3 Å². The van der Waals surface area contributed by atoms with Crippen LogP contribution in [0.4, 0.5) is 4.79 Å². The highest BCUT2D eigenvalue weighted by molar-refractivity contribution is 5.86. The van der Waals surface area contributed by atoms with Gasteiger partial charge in [0.05, 0.1) is 7.11 Å². The zero-order valence-electron chi connectivity index (χ0n) is 14.0. The zero-order chi connectivity index (χ0) is 17.6. The first-order valence-corrected chi connectivity index (χ1v) is 8.16. The number of amides is 1. The van der Waals surface area contributed by atoms with Crippen LogP contribution in [-0.4, -0.2) is 42.1 Å². The van der Waals surface area contributed by atoms with E-state index in [1.165, 1.54) is 13.4 Å². The smallest absolute Gasteiger partial charge is 0.410 e. The minimum atomic E-state index is -0.517. The molecule has 0 saturated carbocycles. The van der Waals surface area contributed by atoms with Gasteiger partial charge in [0, 0.05) is 19.0 Å². The van der Waals surface area contributed by atoms with E-state index >= 15 is 0 Å². The summed E-state index contributed by atoms with van der Waals surface area (Å²) in [5, 5.41) is 0. The Morgan fingerprint density at radius 2 is 1.96 bits per heavy atom. The van der Waals surface area contributed by atoms with Crippen molar-refractivity contribution in [1.29, 1.82) is 0 Å². The molecule has 2 aromatic rings. The molecule has 0 unspecified atom stereocenters. The lowest BCUT2D eigenvalue weighted by Gasteiger charge is -2.29. The minimum absolute atomic E-state index is 0.0802. The number of likely N-dealkylation sites (tertiary alicyclic amines) is 1. The lowest BCUT2D eigenvalue weighted by atomic mass is 9.97. The number of esters is 1. The Balaban J connectivity index is 1.49. The van der Waals surface area contributed by atoms with Crippen molar-refractivity contribution in [3.8, 4) is 0 Å². The lowest BCUT2D eigenvalue weighted by molar-refractivity contribution is 0.0594. The third-order valence-corrected chi connectivity index (χ3v) is 4.22. The number of oxazole rings is 1. The molecule has 1 aliphatic rings.